The van der Waals surface area contributed by atoms with Crippen LogP contribution in [0.15, 0.2) is 29.1 Å². The number of rotatable bonds is 4. The summed E-state index contributed by atoms with van der Waals surface area (Å²) < 4.78 is 0. The summed E-state index contributed by atoms with van der Waals surface area (Å²) in [6.45, 7) is 3.72. The number of nitrogens with zero attached hydrogens (tertiary/aromatic N) is 1. The van der Waals surface area contributed by atoms with Crippen LogP contribution in [0, 0.1) is 11.3 Å². The molecular formula is C15H17ClN4O. The fourth-order valence-electron chi connectivity index (χ4n) is 1.93. The molecular weight excluding hydrogens is 288 g/mol. The maximum absolute atomic E-state index is 11.9. The van der Waals surface area contributed by atoms with Crippen molar-refractivity contribution in [3.63, 3.8) is 0 Å². The number of hydrogen-bond acceptors (Lipinski definition) is 4. The van der Waals surface area contributed by atoms with E-state index in [4.69, 9.17) is 22.7 Å². The van der Waals surface area contributed by atoms with Gasteiger partial charge in [-0.3, -0.25) is 4.79 Å². The van der Waals surface area contributed by atoms with Crippen LogP contribution in [-0.2, 0) is 6.42 Å². The highest BCUT2D eigenvalue weighted by Crippen LogP contribution is 2.15. The summed E-state index contributed by atoms with van der Waals surface area (Å²) in [5.41, 5.74) is 6.75. The Morgan fingerprint density at radius 1 is 1.48 bits per heavy atom. The molecule has 0 radical (unpaired) electrons. The van der Waals surface area contributed by atoms with E-state index in [0.29, 0.717) is 17.3 Å². The Hall–Kier alpha value is -2.14. The minimum Gasteiger partial charge on any atom is -0.392 e. The van der Waals surface area contributed by atoms with Crippen LogP contribution in [0.1, 0.15) is 30.9 Å². The Morgan fingerprint density at radius 3 is 2.81 bits per heavy atom. The van der Waals surface area contributed by atoms with Crippen molar-refractivity contribution in [1.82, 2.24) is 9.97 Å². The van der Waals surface area contributed by atoms with Crippen molar-refractivity contribution in [3.8, 4) is 0 Å². The van der Waals surface area contributed by atoms with Crippen LogP contribution in [0.3, 0.4) is 0 Å². The molecule has 21 heavy (non-hydrogen) atoms. The van der Waals surface area contributed by atoms with E-state index in [9.17, 15) is 4.79 Å². The first-order valence-electron chi connectivity index (χ1n) is 6.60. The normalized spacial score (nSPS) is 10.9. The first-order chi connectivity index (χ1) is 9.88. The maximum Gasteiger partial charge on any atom is 0.274 e. The second-order valence-corrected chi connectivity index (χ2v) is 5.59. The molecule has 2 aromatic rings. The van der Waals surface area contributed by atoms with Crippen LogP contribution >= 0.6 is 11.6 Å². The Labute approximate surface area is 127 Å². The van der Waals surface area contributed by atoms with Gasteiger partial charge in [-0.2, -0.15) is 0 Å². The third-order valence-electron chi connectivity index (χ3n) is 3.10. The average molecular weight is 305 g/mol. The number of aromatic nitrogens is 2. The molecule has 2 rings (SSSR count). The molecule has 0 bridgehead atoms. The van der Waals surface area contributed by atoms with Gasteiger partial charge < -0.3 is 16.1 Å². The van der Waals surface area contributed by atoms with Gasteiger partial charge in [0.15, 0.2) is 0 Å². The van der Waals surface area contributed by atoms with Crippen molar-refractivity contribution in [2.45, 2.75) is 20.3 Å². The number of H-pyrrole nitrogens is 1. The van der Waals surface area contributed by atoms with Gasteiger partial charge in [0.2, 0.25) is 0 Å². The van der Waals surface area contributed by atoms with Crippen LogP contribution in [0.5, 0.6) is 0 Å². The van der Waals surface area contributed by atoms with E-state index in [2.05, 4.69) is 9.97 Å². The summed E-state index contributed by atoms with van der Waals surface area (Å²) in [6, 6.07) is 7.33. The van der Waals surface area contributed by atoms with Gasteiger partial charge in [-0.1, -0.05) is 37.6 Å². The third kappa shape index (κ3) is 3.49. The third-order valence-corrected chi connectivity index (χ3v) is 3.33. The van der Waals surface area contributed by atoms with E-state index in [1.54, 1.807) is 6.07 Å². The monoisotopic (exact) mass is 304 g/mol. The molecule has 5 nitrogen and oxygen atoms in total. The number of benzene rings is 1. The standard InChI is InChI=1S/C15H17ClN4O/c1-8(2)12(17)14-13(18)15(21)20-11(19-14)7-9-4-3-5-10(16)6-9/h3-6,8,17H,7,18H2,1-2H3,(H,19,20,21). The van der Waals surface area contributed by atoms with Crippen LogP contribution < -0.4 is 11.3 Å². The lowest BCUT2D eigenvalue weighted by molar-refractivity contribution is 0.860. The summed E-state index contributed by atoms with van der Waals surface area (Å²) in [5.74, 6) is 0.414. The van der Waals surface area contributed by atoms with E-state index in [-0.39, 0.29) is 23.0 Å². The van der Waals surface area contributed by atoms with Gasteiger partial charge in [-0.15, -0.1) is 0 Å². The molecule has 1 heterocycles. The SMILES string of the molecule is CC(C)C(=N)c1nc(Cc2cccc(Cl)c2)[nH]c(=O)c1N. The number of aromatic amines is 1. The van der Waals surface area contributed by atoms with Gasteiger partial charge in [0, 0.05) is 11.4 Å². The predicted octanol–water partition coefficient (Wildman–Crippen LogP) is 2.62. The first-order valence-corrected chi connectivity index (χ1v) is 6.98. The van der Waals surface area contributed by atoms with E-state index in [0.717, 1.165) is 5.56 Å². The van der Waals surface area contributed by atoms with Crippen LogP contribution in [0.25, 0.3) is 0 Å². The highest BCUT2D eigenvalue weighted by Gasteiger charge is 2.15. The van der Waals surface area contributed by atoms with Gasteiger partial charge >= 0.3 is 0 Å². The lowest BCUT2D eigenvalue weighted by atomic mass is 10.0. The van der Waals surface area contributed by atoms with Crippen molar-refractivity contribution < 1.29 is 0 Å². The number of nitrogens with one attached hydrogen (secondary N) is 2. The molecule has 0 spiro atoms. The van der Waals surface area contributed by atoms with Crippen molar-refractivity contribution in [1.29, 1.82) is 5.41 Å². The number of nitrogens with two attached hydrogens (primary N) is 1. The molecule has 0 atom stereocenters. The molecule has 0 aliphatic rings. The largest absolute Gasteiger partial charge is 0.392 e. The lowest BCUT2D eigenvalue weighted by Crippen LogP contribution is -2.23. The quantitative estimate of drug-likeness (QED) is 0.758. The molecule has 1 aromatic carbocycles. The van der Waals surface area contributed by atoms with Gasteiger partial charge in [0.1, 0.15) is 17.2 Å². The minimum absolute atomic E-state index is 0.0106. The lowest BCUT2D eigenvalue weighted by Gasteiger charge is -2.11. The average Bonchev–Trinajstić information content (AvgIpc) is 2.41. The molecule has 0 saturated heterocycles. The fraction of sp³-hybridized carbons (Fsp3) is 0.267. The van der Waals surface area contributed by atoms with E-state index >= 15 is 0 Å². The second kappa shape index (κ2) is 6.10. The molecule has 4 N–H and O–H groups in total. The van der Waals surface area contributed by atoms with Crippen molar-refractivity contribution in [2.75, 3.05) is 5.73 Å². The Bertz CT molecular complexity index is 737. The van der Waals surface area contributed by atoms with E-state index in [1.807, 2.05) is 32.0 Å². The van der Waals surface area contributed by atoms with Crippen molar-refractivity contribution >= 4 is 23.0 Å². The predicted molar refractivity (Wildman–Crippen MR) is 85.2 cm³/mol. The first kappa shape index (κ1) is 15.3. The summed E-state index contributed by atoms with van der Waals surface area (Å²) >= 11 is 5.94. The number of anilines is 1. The number of hydrogen-bond donors (Lipinski definition) is 3. The molecule has 0 fully saturated rings. The molecule has 0 saturated carbocycles. The summed E-state index contributed by atoms with van der Waals surface area (Å²) in [4.78, 5) is 18.9. The molecule has 6 heteroatoms. The van der Waals surface area contributed by atoms with Crippen molar-refractivity contribution in [3.05, 3.63) is 56.7 Å². The fourth-order valence-corrected chi connectivity index (χ4v) is 2.14. The highest BCUT2D eigenvalue weighted by atomic mass is 35.5. The van der Waals surface area contributed by atoms with Gasteiger partial charge in [-0.25, -0.2) is 4.98 Å². The van der Waals surface area contributed by atoms with Gasteiger partial charge in [0.05, 0.1) is 5.71 Å². The zero-order valence-corrected chi connectivity index (χ0v) is 12.7. The molecule has 110 valence electrons. The van der Waals surface area contributed by atoms with Crippen molar-refractivity contribution in [2.24, 2.45) is 5.92 Å². The Kier molecular flexibility index (Phi) is 4.43. The Morgan fingerprint density at radius 2 is 2.19 bits per heavy atom. The maximum atomic E-state index is 11.9. The molecule has 0 unspecified atom stereocenters. The highest BCUT2D eigenvalue weighted by molar-refractivity contribution is 6.30. The summed E-state index contributed by atoms with van der Waals surface area (Å²) in [6.07, 6.45) is 0.425. The Balaban J connectivity index is 2.42. The summed E-state index contributed by atoms with van der Waals surface area (Å²) in [5, 5.41) is 8.64. The van der Waals surface area contributed by atoms with Gasteiger partial charge in [-0.05, 0) is 23.6 Å². The zero-order chi connectivity index (χ0) is 15.6. The zero-order valence-electron chi connectivity index (χ0n) is 11.9. The van der Waals surface area contributed by atoms with E-state index < -0.39 is 5.56 Å². The number of halogens is 1. The number of nitrogen functional groups attached to an aromatic ring is 1. The van der Waals surface area contributed by atoms with E-state index in [1.165, 1.54) is 0 Å². The molecule has 0 aliphatic heterocycles. The molecule has 0 amide bonds. The second-order valence-electron chi connectivity index (χ2n) is 5.15. The topological polar surface area (TPSA) is 95.6 Å². The van der Waals surface area contributed by atoms with Crippen LogP contribution in [-0.4, -0.2) is 15.7 Å². The van der Waals surface area contributed by atoms with Crippen LogP contribution in [0.2, 0.25) is 5.02 Å². The minimum atomic E-state index is -0.414. The van der Waals surface area contributed by atoms with Crippen LogP contribution in [0.4, 0.5) is 5.69 Å². The van der Waals surface area contributed by atoms with Gasteiger partial charge in [0.25, 0.3) is 5.56 Å². The molecule has 0 aliphatic carbocycles. The smallest absolute Gasteiger partial charge is 0.274 e. The summed E-state index contributed by atoms with van der Waals surface area (Å²) in [7, 11) is 0. The molecule has 1 aromatic heterocycles.